The highest BCUT2D eigenvalue weighted by Gasteiger charge is 2.17. The molecule has 2 heterocycles. The Morgan fingerprint density at radius 2 is 1.82 bits per heavy atom. The van der Waals surface area contributed by atoms with Crippen LogP contribution in [0.1, 0.15) is 38.9 Å². The van der Waals surface area contributed by atoms with Gasteiger partial charge < -0.3 is 15.4 Å². The highest BCUT2D eigenvalue weighted by atomic mass is 16.5. The van der Waals surface area contributed by atoms with Crippen molar-refractivity contribution in [3.63, 3.8) is 0 Å². The Morgan fingerprint density at radius 3 is 2.55 bits per heavy atom. The lowest BCUT2D eigenvalue weighted by Crippen LogP contribution is -2.24. The van der Waals surface area contributed by atoms with Crippen LogP contribution in [0.2, 0.25) is 0 Å². The number of carbonyl (C=O) groups excluding carboxylic acids is 2. The van der Waals surface area contributed by atoms with Gasteiger partial charge in [0.1, 0.15) is 5.56 Å². The van der Waals surface area contributed by atoms with E-state index in [0.717, 1.165) is 23.1 Å². The Bertz CT molecular complexity index is 1330. The molecule has 3 N–H and O–H groups in total. The Balaban J connectivity index is 1.62. The maximum atomic E-state index is 13.0. The molecule has 0 fully saturated rings. The van der Waals surface area contributed by atoms with Crippen molar-refractivity contribution in [2.24, 2.45) is 0 Å². The molecule has 2 amide bonds. The zero-order chi connectivity index (χ0) is 23.4. The van der Waals surface area contributed by atoms with Crippen LogP contribution in [0.3, 0.4) is 0 Å². The van der Waals surface area contributed by atoms with E-state index in [1.807, 2.05) is 36.4 Å². The molecule has 4 aromatic rings. The number of hydrogen-bond acceptors (Lipinski definition) is 5. The number of aromatic nitrogens is 3. The standard InChI is InChI=1S/C25H25N5O3/c1-4-15-7-5-6-8-17(15)13-27-23(31)20-11-18(14-28-25(20)33-3)16-9-10-19-21(12-16)29-30-22(19)24(32)26-2/h5-12,14H,4,13H2,1-3H3,(H,26,32)(H,27,31)(H,29,30). The second kappa shape index (κ2) is 9.52. The highest BCUT2D eigenvalue weighted by molar-refractivity contribution is 6.05. The molecule has 8 heteroatoms. The van der Waals surface area contributed by atoms with Gasteiger partial charge in [-0.2, -0.15) is 5.10 Å². The van der Waals surface area contributed by atoms with Gasteiger partial charge in [0.2, 0.25) is 5.88 Å². The third-order valence-electron chi connectivity index (χ3n) is 5.57. The molecular formula is C25H25N5O3. The number of pyridine rings is 1. The van der Waals surface area contributed by atoms with Crippen LogP contribution in [0.5, 0.6) is 5.88 Å². The number of hydrogen-bond donors (Lipinski definition) is 3. The normalized spacial score (nSPS) is 10.8. The minimum atomic E-state index is -0.267. The molecule has 0 bridgehead atoms. The van der Waals surface area contributed by atoms with Gasteiger partial charge in [-0.1, -0.05) is 37.3 Å². The number of benzene rings is 2. The molecule has 0 atom stereocenters. The second-order valence-electron chi connectivity index (χ2n) is 7.50. The lowest BCUT2D eigenvalue weighted by atomic mass is 10.0. The molecule has 0 saturated carbocycles. The summed E-state index contributed by atoms with van der Waals surface area (Å²) in [6.07, 6.45) is 2.54. The number of nitrogens with zero attached hydrogens (tertiary/aromatic N) is 2. The average molecular weight is 444 g/mol. The summed E-state index contributed by atoms with van der Waals surface area (Å²) in [7, 11) is 3.05. The van der Waals surface area contributed by atoms with Crippen molar-refractivity contribution < 1.29 is 14.3 Å². The minimum absolute atomic E-state index is 0.254. The number of carbonyl (C=O) groups is 2. The van der Waals surface area contributed by atoms with Gasteiger partial charge in [-0.3, -0.25) is 14.7 Å². The van der Waals surface area contributed by atoms with Gasteiger partial charge in [0.15, 0.2) is 5.69 Å². The van der Waals surface area contributed by atoms with Gasteiger partial charge in [-0.15, -0.1) is 0 Å². The van der Waals surface area contributed by atoms with Crippen molar-refractivity contribution in [3.8, 4) is 17.0 Å². The molecular weight excluding hydrogens is 418 g/mol. The molecule has 168 valence electrons. The van der Waals surface area contributed by atoms with E-state index >= 15 is 0 Å². The molecule has 4 rings (SSSR count). The number of ether oxygens (including phenoxy) is 1. The van der Waals surface area contributed by atoms with E-state index < -0.39 is 0 Å². The van der Waals surface area contributed by atoms with Crippen molar-refractivity contribution in [2.75, 3.05) is 14.2 Å². The number of aromatic amines is 1. The van der Waals surface area contributed by atoms with Crippen molar-refractivity contribution in [3.05, 3.63) is 77.1 Å². The fraction of sp³-hybridized carbons (Fsp3) is 0.200. The first-order chi connectivity index (χ1) is 16.0. The number of methoxy groups -OCH3 is 1. The highest BCUT2D eigenvalue weighted by Crippen LogP contribution is 2.28. The first kappa shape index (κ1) is 22.0. The Labute approximate surface area is 191 Å². The zero-order valence-corrected chi connectivity index (χ0v) is 18.7. The number of fused-ring (bicyclic) bond motifs is 1. The van der Waals surface area contributed by atoms with Crippen LogP contribution in [0.4, 0.5) is 0 Å². The van der Waals surface area contributed by atoms with Crippen LogP contribution in [0.25, 0.3) is 22.0 Å². The number of nitrogens with one attached hydrogen (secondary N) is 3. The van der Waals surface area contributed by atoms with E-state index in [9.17, 15) is 9.59 Å². The summed E-state index contributed by atoms with van der Waals surface area (Å²) in [4.78, 5) is 29.3. The fourth-order valence-electron chi connectivity index (χ4n) is 3.77. The van der Waals surface area contributed by atoms with Gasteiger partial charge in [0.25, 0.3) is 11.8 Å². The first-order valence-electron chi connectivity index (χ1n) is 10.6. The minimum Gasteiger partial charge on any atom is -0.480 e. The summed E-state index contributed by atoms with van der Waals surface area (Å²) in [5.41, 5.74) is 5.24. The third-order valence-corrected chi connectivity index (χ3v) is 5.57. The summed E-state index contributed by atoms with van der Waals surface area (Å²) in [6, 6.07) is 15.3. The zero-order valence-electron chi connectivity index (χ0n) is 18.7. The lowest BCUT2D eigenvalue weighted by Gasteiger charge is -2.12. The number of amides is 2. The fourth-order valence-corrected chi connectivity index (χ4v) is 3.77. The third kappa shape index (κ3) is 4.41. The van der Waals surface area contributed by atoms with E-state index in [4.69, 9.17) is 4.74 Å². The topological polar surface area (TPSA) is 109 Å². The molecule has 8 nitrogen and oxygen atoms in total. The predicted molar refractivity (Wildman–Crippen MR) is 126 cm³/mol. The molecule has 0 spiro atoms. The quantitative estimate of drug-likeness (QED) is 0.405. The van der Waals surface area contributed by atoms with Gasteiger partial charge in [-0.25, -0.2) is 4.98 Å². The van der Waals surface area contributed by atoms with Crippen molar-refractivity contribution in [1.29, 1.82) is 0 Å². The van der Waals surface area contributed by atoms with E-state index in [1.54, 1.807) is 19.3 Å². The van der Waals surface area contributed by atoms with Crippen LogP contribution in [0.15, 0.2) is 54.7 Å². The van der Waals surface area contributed by atoms with E-state index in [0.29, 0.717) is 28.7 Å². The molecule has 2 aromatic carbocycles. The van der Waals surface area contributed by atoms with Crippen LogP contribution >= 0.6 is 0 Å². The van der Waals surface area contributed by atoms with Crippen molar-refractivity contribution in [2.45, 2.75) is 19.9 Å². The number of rotatable bonds is 7. The Kier molecular flexibility index (Phi) is 6.35. The molecule has 0 radical (unpaired) electrons. The molecule has 0 saturated heterocycles. The molecule has 0 unspecified atom stereocenters. The van der Waals surface area contributed by atoms with E-state index in [1.165, 1.54) is 12.7 Å². The summed E-state index contributed by atoms with van der Waals surface area (Å²) < 4.78 is 5.33. The number of H-pyrrole nitrogens is 1. The summed E-state index contributed by atoms with van der Waals surface area (Å²) in [6.45, 7) is 2.50. The average Bonchev–Trinajstić information content (AvgIpc) is 3.29. The van der Waals surface area contributed by atoms with Gasteiger partial charge in [0, 0.05) is 30.7 Å². The van der Waals surface area contributed by atoms with Gasteiger partial charge in [0.05, 0.1) is 12.6 Å². The molecule has 0 aliphatic rings. The molecule has 2 aromatic heterocycles. The van der Waals surface area contributed by atoms with E-state index in [2.05, 4.69) is 38.8 Å². The maximum Gasteiger partial charge on any atom is 0.272 e. The maximum absolute atomic E-state index is 13.0. The largest absolute Gasteiger partial charge is 0.480 e. The summed E-state index contributed by atoms with van der Waals surface area (Å²) in [5.74, 6) is -0.273. The first-order valence-corrected chi connectivity index (χ1v) is 10.6. The summed E-state index contributed by atoms with van der Waals surface area (Å²) >= 11 is 0. The van der Waals surface area contributed by atoms with Crippen LogP contribution in [0, 0.1) is 0 Å². The van der Waals surface area contributed by atoms with Crippen LogP contribution in [-0.2, 0) is 13.0 Å². The number of aryl methyl sites for hydroxylation is 1. The van der Waals surface area contributed by atoms with Crippen LogP contribution < -0.4 is 15.4 Å². The second-order valence-corrected chi connectivity index (χ2v) is 7.50. The monoisotopic (exact) mass is 443 g/mol. The van der Waals surface area contributed by atoms with Crippen molar-refractivity contribution in [1.82, 2.24) is 25.8 Å². The predicted octanol–water partition coefficient (Wildman–Crippen LogP) is 3.49. The van der Waals surface area contributed by atoms with Gasteiger partial charge in [-0.05, 0) is 41.3 Å². The molecule has 0 aliphatic carbocycles. The SMILES string of the molecule is CCc1ccccc1CNC(=O)c1cc(-c2ccc3c(C(=O)NC)n[nH]c3c2)cnc1OC. The molecule has 33 heavy (non-hydrogen) atoms. The van der Waals surface area contributed by atoms with E-state index in [-0.39, 0.29) is 17.7 Å². The Hall–Kier alpha value is -4.20. The van der Waals surface area contributed by atoms with Gasteiger partial charge >= 0.3 is 0 Å². The lowest BCUT2D eigenvalue weighted by molar-refractivity contribution is 0.0943. The summed E-state index contributed by atoms with van der Waals surface area (Å²) in [5, 5.41) is 13.3. The Morgan fingerprint density at radius 1 is 1.03 bits per heavy atom. The van der Waals surface area contributed by atoms with Crippen molar-refractivity contribution >= 4 is 22.7 Å². The molecule has 0 aliphatic heterocycles. The smallest absolute Gasteiger partial charge is 0.272 e. The van der Waals surface area contributed by atoms with Crippen LogP contribution in [-0.4, -0.2) is 41.2 Å².